The zero-order chi connectivity index (χ0) is 9.26. The first-order chi connectivity index (χ1) is 6.33. The van der Waals surface area contributed by atoms with Crippen LogP contribution in [0.4, 0.5) is 0 Å². The number of hydrogen-bond donors (Lipinski definition) is 0. The maximum absolute atomic E-state index is 5.56. The predicted molar refractivity (Wildman–Crippen MR) is 52.1 cm³/mol. The highest BCUT2D eigenvalue weighted by molar-refractivity contribution is 5.79. The van der Waals surface area contributed by atoms with Gasteiger partial charge in [0.15, 0.2) is 0 Å². The van der Waals surface area contributed by atoms with Crippen LogP contribution in [-0.2, 0) is 6.42 Å². The van der Waals surface area contributed by atoms with Crippen LogP contribution >= 0.6 is 0 Å². The molecule has 0 aliphatic carbocycles. The minimum Gasteiger partial charge on any atom is -0.497 e. The van der Waals surface area contributed by atoms with Gasteiger partial charge in [0.1, 0.15) is 17.1 Å². The van der Waals surface area contributed by atoms with Crippen molar-refractivity contribution in [1.82, 2.24) is 0 Å². The number of benzene rings is 1. The van der Waals surface area contributed by atoms with E-state index >= 15 is 0 Å². The molecule has 0 unspecified atom stereocenters. The van der Waals surface area contributed by atoms with Crippen LogP contribution in [0.1, 0.15) is 12.7 Å². The Morgan fingerprint density at radius 1 is 1.31 bits per heavy atom. The normalized spacial score (nSPS) is 10.6. The number of hydrogen-bond acceptors (Lipinski definition) is 2. The molecule has 0 aliphatic rings. The zero-order valence-corrected chi connectivity index (χ0v) is 7.83. The van der Waals surface area contributed by atoms with Crippen LogP contribution in [-0.4, -0.2) is 7.11 Å². The molecular formula is C11H12O2. The number of rotatable bonds is 2. The maximum Gasteiger partial charge on any atom is 0.134 e. The average Bonchev–Trinajstić information content (AvgIpc) is 2.58. The standard InChI is InChI=1S/C11H12O2/c1-3-9-6-8-7-10(12-2)4-5-11(8)13-9/h4-7H,3H2,1-2H3. The highest BCUT2D eigenvalue weighted by Gasteiger charge is 2.02. The Kier molecular flexibility index (Phi) is 1.97. The fourth-order valence-corrected chi connectivity index (χ4v) is 1.38. The first kappa shape index (κ1) is 8.17. The van der Waals surface area contributed by atoms with E-state index in [1.54, 1.807) is 7.11 Å². The van der Waals surface area contributed by atoms with E-state index in [-0.39, 0.29) is 0 Å². The maximum atomic E-state index is 5.56. The van der Waals surface area contributed by atoms with Gasteiger partial charge in [-0.1, -0.05) is 6.92 Å². The van der Waals surface area contributed by atoms with Crippen molar-refractivity contribution in [3.05, 3.63) is 30.0 Å². The lowest BCUT2D eigenvalue weighted by Gasteiger charge is -1.96. The highest BCUT2D eigenvalue weighted by atomic mass is 16.5. The van der Waals surface area contributed by atoms with Crippen LogP contribution in [0.3, 0.4) is 0 Å². The molecule has 1 heterocycles. The molecule has 0 atom stereocenters. The third-order valence-corrected chi connectivity index (χ3v) is 2.12. The topological polar surface area (TPSA) is 22.4 Å². The number of ether oxygens (including phenoxy) is 1. The Labute approximate surface area is 77.1 Å². The van der Waals surface area contributed by atoms with E-state index < -0.39 is 0 Å². The number of furan rings is 1. The van der Waals surface area contributed by atoms with E-state index in [1.807, 2.05) is 18.2 Å². The van der Waals surface area contributed by atoms with Gasteiger partial charge in [0.25, 0.3) is 0 Å². The van der Waals surface area contributed by atoms with Crippen molar-refractivity contribution in [3.63, 3.8) is 0 Å². The predicted octanol–water partition coefficient (Wildman–Crippen LogP) is 3.00. The van der Waals surface area contributed by atoms with Gasteiger partial charge in [-0.05, 0) is 24.3 Å². The van der Waals surface area contributed by atoms with Gasteiger partial charge < -0.3 is 9.15 Å². The number of fused-ring (bicyclic) bond motifs is 1. The van der Waals surface area contributed by atoms with Crippen molar-refractivity contribution < 1.29 is 9.15 Å². The summed E-state index contributed by atoms with van der Waals surface area (Å²) in [7, 11) is 1.67. The van der Waals surface area contributed by atoms with Gasteiger partial charge in [-0.15, -0.1) is 0 Å². The van der Waals surface area contributed by atoms with Gasteiger partial charge in [-0.25, -0.2) is 0 Å². The van der Waals surface area contributed by atoms with E-state index in [2.05, 4.69) is 13.0 Å². The van der Waals surface area contributed by atoms with Crippen LogP contribution in [0.2, 0.25) is 0 Å². The Bertz CT molecular complexity index is 413. The quantitative estimate of drug-likeness (QED) is 0.701. The van der Waals surface area contributed by atoms with Crippen molar-refractivity contribution in [1.29, 1.82) is 0 Å². The van der Waals surface area contributed by atoms with Gasteiger partial charge in [-0.3, -0.25) is 0 Å². The first-order valence-electron chi connectivity index (χ1n) is 4.40. The van der Waals surface area contributed by atoms with E-state index in [4.69, 9.17) is 9.15 Å². The summed E-state index contributed by atoms with van der Waals surface area (Å²) in [6, 6.07) is 7.88. The van der Waals surface area contributed by atoms with Gasteiger partial charge >= 0.3 is 0 Å². The Morgan fingerprint density at radius 3 is 2.85 bits per heavy atom. The minimum atomic E-state index is 0.871. The summed E-state index contributed by atoms with van der Waals surface area (Å²) in [5.41, 5.74) is 0.928. The van der Waals surface area contributed by atoms with Crippen molar-refractivity contribution in [2.75, 3.05) is 7.11 Å². The Morgan fingerprint density at radius 2 is 2.15 bits per heavy atom. The summed E-state index contributed by atoms with van der Waals surface area (Å²) in [5.74, 6) is 1.89. The summed E-state index contributed by atoms with van der Waals surface area (Å²) in [6.45, 7) is 2.08. The molecule has 13 heavy (non-hydrogen) atoms. The van der Waals surface area contributed by atoms with Crippen molar-refractivity contribution in [3.8, 4) is 5.75 Å². The Balaban J connectivity index is 2.57. The molecule has 2 nitrogen and oxygen atoms in total. The van der Waals surface area contributed by atoms with Crippen molar-refractivity contribution in [2.24, 2.45) is 0 Å². The monoisotopic (exact) mass is 176 g/mol. The summed E-state index contributed by atoms with van der Waals surface area (Å²) in [5, 5.41) is 1.11. The van der Waals surface area contributed by atoms with Crippen LogP contribution in [0.5, 0.6) is 5.75 Å². The molecule has 0 radical (unpaired) electrons. The second-order valence-electron chi connectivity index (χ2n) is 2.97. The summed E-state index contributed by atoms with van der Waals surface area (Å²) in [4.78, 5) is 0. The van der Waals surface area contributed by atoms with Crippen LogP contribution in [0, 0.1) is 0 Å². The molecule has 0 aliphatic heterocycles. The highest BCUT2D eigenvalue weighted by Crippen LogP contribution is 2.24. The smallest absolute Gasteiger partial charge is 0.134 e. The largest absolute Gasteiger partial charge is 0.497 e. The minimum absolute atomic E-state index is 0.871. The first-order valence-corrected chi connectivity index (χ1v) is 4.40. The summed E-state index contributed by atoms with van der Waals surface area (Å²) >= 11 is 0. The van der Waals surface area contributed by atoms with Gasteiger partial charge in [-0.2, -0.15) is 0 Å². The lowest BCUT2D eigenvalue weighted by Crippen LogP contribution is -1.79. The van der Waals surface area contributed by atoms with E-state index in [0.717, 1.165) is 28.9 Å². The summed E-state index contributed by atoms with van der Waals surface area (Å²) < 4.78 is 10.7. The second-order valence-corrected chi connectivity index (χ2v) is 2.97. The molecule has 0 fully saturated rings. The summed E-state index contributed by atoms with van der Waals surface area (Å²) in [6.07, 6.45) is 0.928. The molecule has 0 saturated carbocycles. The molecule has 0 N–H and O–H groups in total. The molecule has 68 valence electrons. The van der Waals surface area contributed by atoms with Crippen molar-refractivity contribution >= 4 is 11.0 Å². The fraction of sp³-hybridized carbons (Fsp3) is 0.273. The SMILES string of the molecule is CCc1cc2cc(OC)ccc2o1. The third kappa shape index (κ3) is 1.39. The molecule has 0 spiro atoms. The van der Waals surface area contributed by atoms with Gasteiger partial charge in [0, 0.05) is 11.8 Å². The molecule has 0 amide bonds. The molecule has 2 rings (SSSR count). The molecule has 2 aromatic rings. The lowest BCUT2D eigenvalue weighted by atomic mass is 10.2. The van der Waals surface area contributed by atoms with Gasteiger partial charge in [0.05, 0.1) is 7.11 Å². The van der Waals surface area contributed by atoms with Crippen LogP contribution in [0.15, 0.2) is 28.7 Å². The lowest BCUT2D eigenvalue weighted by molar-refractivity contribution is 0.415. The number of aryl methyl sites for hydroxylation is 1. The number of methoxy groups -OCH3 is 1. The zero-order valence-electron chi connectivity index (χ0n) is 7.83. The molecule has 0 bridgehead atoms. The van der Waals surface area contributed by atoms with Crippen LogP contribution < -0.4 is 4.74 Å². The third-order valence-electron chi connectivity index (χ3n) is 2.12. The molecule has 2 heteroatoms. The Hall–Kier alpha value is -1.44. The van der Waals surface area contributed by atoms with Crippen LogP contribution in [0.25, 0.3) is 11.0 Å². The van der Waals surface area contributed by atoms with E-state index in [1.165, 1.54) is 0 Å². The van der Waals surface area contributed by atoms with E-state index in [0.29, 0.717) is 0 Å². The van der Waals surface area contributed by atoms with Gasteiger partial charge in [0.2, 0.25) is 0 Å². The van der Waals surface area contributed by atoms with E-state index in [9.17, 15) is 0 Å². The molecule has 1 aromatic heterocycles. The molecule has 1 aromatic carbocycles. The second kappa shape index (κ2) is 3.13. The fourth-order valence-electron chi connectivity index (χ4n) is 1.38. The molecule has 0 saturated heterocycles. The molecular weight excluding hydrogens is 164 g/mol. The average molecular weight is 176 g/mol. The van der Waals surface area contributed by atoms with Crippen molar-refractivity contribution in [2.45, 2.75) is 13.3 Å².